The van der Waals surface area contributed by atoms with Gasteiger partial charge in [0, 0.05) is 6.54 Å². The summed E-state index contributed by atoms with van der Waals surface area (Å²) >= 11 is 0. The van der Waals surface area contributed by atoms with Gasteiger partial charge in [-0.1, -0.05) is 12.8 Å². The van der Waals surface area contributed by atoms with Gasteiger partial charge in [0.05, 0.1) is 0 Å². The van der Waals surface area contributed by atoms with Crippen LogP contribution >= 0.6 is 0 Å². The predicted octanol–water partition coefficient (Wildman–Crippen LogP) is 0.246. The van der Waals surface area contributed by atoms with E-state index >= 15 is 0 Å². The zero-order chi connectivity index (χ0) is 8.27. The molecule has 1 saturated carbocycles. The molecule has 0 aromatic rings. The van der Waals surface area contributed by atoms with E-state index in [1.54, 1.807) is 0 Å². The Hall–Kier alpha value is -0.770. The van der Waals surface area contributed by atoms with E-state index in [0.29, 0.717) is 5.92 Å². The third kappa shape index (κ3) is 2.38. The molecule has 5 N–H and O–H groups in total. The van der Waals surface area contributed by atoms with E-state index in [1.807, 2.05) is 0 Å². The second kappa shape index (κ2) is 3.57. The molecule has 0 radical (unpaired) electrons. The molecule has 1 aliphatic carbocycles. The fourth-order valence-electron chi connectivity index (χ4n) is 1.57. The third-order valence-electron chi connectivity index (χ3n) is 2.24. The minimum Gasteiger partial charge on any atom is -0.369 e. The number of hydrogen-bond acceptors (Lipinski definition) is 2. The fourth-order valence-corrected chi connectivity index (χ4v) is 1.57. The van der Waals surface area contributed by atoms with Crippen LogP contribution in [0, 0.1) is 11.3 Å². The molecule has 0 aromatic heterocycles. The van der Waals surface area contributed by atoms with Gasteiger partial charge >= 0.3 is 0 Å². The van der Waals surface area contributed by atoms with Crippen molar-refractivity contribution in [2.24, 2.45) is 17.5 Å². The molecule has 1 aliphatic rings. The number of hydrogen-bond donors (Lipinski definition) is 3. The molecule has 0 bridgehead atoms. The molecular weight excluding hydrogens is 140 g/mol. The largest absolute Gasteiger partial charge is 0.369 e. The molecule has 0 aromatic carbocycles. The van der Waals surface area contributed by atoms with Crippen molar-refractivity contribution in [1.29, 1.82) is 5.41 Å². The highest BCUT2D eigenvalue weighted by Crippen LogP contribution is 2.24. The molecule has 0 atom stereocenters. The van der Waals surface area contributed by atoms with Crippen LogP contribution in [0.25, 0.3) is 0 Å². The van der Waals surface area contributed by atoms with Gasteiger partial charge in [0.15, 0.2) is 0 Å². The van der Waals surface area contributed by atoms with Crippen molar-refractivity contribution < 1.29 is 0 Å². The summed E-state index contributed by atoms with van der Waals surface area (Å²) in [7, 11) is 0. The summed E-state index contributed by atoms with van der Waals surface area (Å²) in [6.07, 6.45) is 5.08. The van der Waals surface area contributed by atoms with Crippen molar-refractivity contribution in [2.75, 3.05) is 6.54 Å². The van der Waals surface area contributed by atoms with Crippen LogP contribution in [-0.2, 0) is 0 Å². The maximum Gasteiger partial charge on any atom is 0.202 e. The van der Waals surface area contributed by atoms with E-state index in [4.69, 9.17) is 17.0 Å². The maximum atomic E-state index is 7.04. The Morgan fingerprint density at radius 3 is 2.45 bits per heavy atom. The highest BCUT2D eigenvalue weighted by atomic mass is 15.4. The Morgan fingerprint density at radius 1 is 1.45 bits per heavy atom. The molecule has 64 valence electrons. The number of hydrazine groups is 1. The first-order chi connectivity index (χ1) is 5.20. The highest BCUT2D eigenvalue weighted by molar-refractivity contribution is 5.73. The molecule has 4 nitrogen and oxygen atoms in total. The lowest BCUT2D eigenvalue weighted by Crippen LogP contribution is -2.44. The SMILES string of the molecule is N=C(N)N(N)CC1CCCC1. The number of guanidine groups is 1. The van der Waals surface area contributed by atoms with E-state index in [9.17, 15) is 0 Å². The van der Waals surface area contributed by atoms with E-state index in [-0.39, 0.29) is 5.96 Å². The van der Waals surface area contributed by atoms with Gasteiger partial charge in [-0.15, -0.1) is 0 Å². The van der Waals surface area contributed by atoms with Crippen LogP contribution in [0.1, 0.15) is 25.7 Å². The third-order valence-corrected chi connectivity index (χ3v) is 2.24. The van der Waals surface area contributed by atoms with Crippen LogP contribution < -0.4 is 11.6 Å². The van der Waals surface area contributed by atoms with Crippen LogP contribution in [-0.4, -0.2) is 17.5 Å². The highest BCUT2D eigenvalue weighted by Gasteiger charge is 2.17. The molecular formula is C7H16N4. The summed E-state index contributed by atoms with van der Waals surface area (Å²) in [5.74, 6) is 6.11. The van der Waals surface area contributed by atoms with Crippen molar-refractivity contribution in [3.63, 3.8) is 0 Å². The Bertz CT molecular complexity index is 139. The van der Waals surface area contributed by atoms with E-state index in [2.05, 4.69) is 0 Å². The maximum absolute atomic E-state index is 7.04. The molecule has 0 unspecified atom stereocenters. The average molecular weight is 156 g/mol. The number of nitrogens with two attached hydrogens (primary N) is 2. The van der Waals surface area contributed by atoms with Crippen LogP contribution in [0.4, 0.5) is 0 Å². The van der Waals surface area contributed by atoms with Gasteiger partial charge in [-0.2, -0.15) is 0 Å². The first kappa shape index (κ1) is 8.33. The monoisotopic (exact) mass is 156 g/mol. The minimum atomic E-state index is -0.0306. The molecule has 0 spiro atoms. The molecule has 1 rings (SSSR count). The number of nitrogens with zero attached hydrogens (tertiary/aromatic N) is 1. The van der Waals surface area contributed by atoms with E-state index < -0.39 is 0 Å². The minimum absolute atomic E-state index is 0.0306. The Balaban J connectivity index is 2.23. The van der Waals surface area contributed by atoms with E-state index in [1.165, 1.54) is 30.7 Å². The number of nitrogens with one attached hydrogen (secondary N) is 1. The van der Waals surface area contributed by atoms with E-state index in [0.717, 1.165) is 6.54 Å². The summed E-state index contributed by atoms with van der Waals surface area (Å²) in [6, 6.07) is 0. The number of rotatable bonds is 2. The summed E-state index contributed by atoms with van der Waals surface area (Å²) < 4.78 is 0. The Kier molecular flexibility index (Phi) is 2.70. The van der Waals surface area contributed by atoms with Crippen molar-refractivity contribution >= 4 is 5.96 Å². The van der Waals surface area contributed by atoms with Gasteiger partial charge < -0.3 is 5.73 Å². The zero-order valence-electron chi connectivity index (χ0n) is 6.71. The van der Waals surface area contributed by atoms with Gasteiger partial charge in [-0.3, -0.25) is 10.4 Å². The van der Waals surface area contributed by atoms with Gasteiger partial charge in [0.1, 0.15) is 0 Å². The average Bonchev–Trinajstić information content (AvgIpc) is 2.39. The molecule has 0 aliphatic heterocycles. The quantitative estimate of drug-likeness (QED) is 0.232. The molecule has 4 heteroatoms. The van der Waals surface area contributed by atoms with Gasteiger partial charge in [-0.25, -0.2) is 5.84 Å². The molecule has 0 saturated heterocycles. The van der Waals surface area contributed by atoms with Gasteiger partial charge in [0.2, 0.25) is 5.96 Å². The lowest BCUT2D eigenvalue weighted by Gasteiger charge is -2.19. The normalized spacial score (nSPS) is 18.6. The summed E-state index contributed by atoms with van der Waals surface area (Å²) in [6.45, 7) is 0.745. The topological polar surface area (TPSA) is 79.1 Å². The van der Waals surface area contributed by atoms with Crippen LogP contribution in [0.2, 0.25) is 0 Å². The standard InChI is InChI=1S/C7H16N4/c8-7(9)11(10)5-6-3-1-2-4-6/h6H,1-5,10H2,(H3,8,9). The van der Waals surface area contributed by atoms with Crippen molar-refractivity contribution in [3.8, 4) is 0 Å². The summed E-state index contributed by atoms with van der Waals surface area (Å²) in [5, 5.41) is 8.37. The second-order valence-electron chi connectivity index (χ2n) is 3.19. The molecule has 1 fully saturated rings. The fraction of sp³-hybridized carbons (Fsp3) is 0.857. The summed E-state index contributed by atoms with van der Waals surface area (Å²) in [4.78, 5) is 0. The van der Waals surface area contributed by atoms with Gasteiger partial charge in [-0.05, 0) is 18.8 Å². The molecule has 0 heterocycles. The predicted molar refractivity (Wildman–Crippen MR) is 44.8 cm³/mol. The van der Waals surface area contributed by atoms with Gasteiger partial charge in [0.25, 0.3) is 0 Å². The Labute approximate surface area is 67.0 Å². The lowest BCUT2D eigenvalue weighted by atomic mass is 10.1. The van der Waals surface area contributed by atoms with Crippen molar-refractivity contribution in [1.82, 2.24) is 5.01 Å². The Morgan fingerprint density at radius 2 is 2.00 bits per heavy atom. The van der Waals surface area contributed by atoms with Crippen molar-refractivity contribution in [2.45, 2.75) is 25.7 Å². The van der Waals surface area contributed by atoms with Crippen LogP contribution in [0.5, 0.6) is 0 Å². The zero-order valence-corrected chi connectivity index (χ0v) is 6.71. The van der Waals surface area contributed by atoms with Crippen molar-refractivity contribution in [3.05, 3.63) is 0 Å². The summed E-state index contributed by atoms with van der Waals surface area (Å²) in [5.41, 5.74) is 5.20. The second-order valence-corrected chi connectivity index (χ2v) is 3.19. The molecule has 0 amide bonds. The smallest absolute Gasteiger partial charge is 0.202 e. The van der Waals surface area contributed by atoms with Crippen LogP contribution in [0.15, 0.2) is 0 Å². The van der Waals surface area contributed by atoms with Crippen LogP contribution in [0.3, 0.4) is 0 Å². The first-order valence-corrected chi connectivity index (χ1v) is 4.06. The first-order valence-electron chi connectivity index (χ1n) is 4.06. The lowest BCUT2D eigenvalue weighted by molar-refractivity contribution is 0.346. The molecule has 11 heavy (non-hydrogen) atoms.